The van der Waals surface area contributed by atoms with E-state index in [0.29, 0.717) is 11.8 Å². The fourth-order valence-corrected chi connectivity index (χ4v) is 3.02. The van der Waals surface area contributed by atoms with Crippen LogP contribution in [0.3, 0.4) is 0 Å². The molecule has 2 rings (SSSR count). The topological polar surface area (TPSA) is 62.5 Å². The van der Waals surface area contributed by atoms with Gasteiger partial charge in [-0.15, -0.1) is 0 Å². The molecule has 2 N–H and O–H groups in total. The Hall–Kier alpha value is -1.29. The minimum atomic E-state index is -1.01. The number of carbonyl (C=O) groups is 1. The summed E-state index contributed by atoms with van der Waals surface area (Å²) < 4.78 is 5.36. The van der Waals surface area contributed by atoms with Crippen LogP contribution in [-0.2, 0) is 0 Å². The van der Waals surface area contributed by atoms with Crippen LogP contribution in [0, 0.1) is 5.92 Å². The van der Waals surface area contributed by atoms with Crippen LogP contribution in [0.2, 0.25) is 0 Å². The number of nitrogens with one attached hydrogen (secondary N) is 1. The quantitative estimate of drug-likeness (QED) is 0.854. The van der Waals surface area contributed by atoms with E-state index < -0.39 is 5.97 Å². The van der Waals surface area contributed by atoms with Gasteiger partial charge in [-0.25, -0.2) is 4.79 Å². The van der Waals surface area contributed by atoms with E-state index >= 15 is 0 Å². The van der Waals surface area contributed by atoms with Crippen LogP contribution in [-0.4, -0.2) is 17.1 Å². The van der Waals surface area contributed by atoms with Gasteiger partial charge in [-0.2, -0.15) is 0 Å². The summed E-state index contributed by atoms with van der Waals surface area (Å²) in [4.78, 5) is 10.8. The standard InChI is InChI=1S/C15H23NO3/c1-3-11-6-4-5-7-12(11)16-10(2)13-8-9-14(19-13)15(17)18/h8-12,16H,3-7H2,1-2H3,(H,17,18). The Labute approximate surface area is 114 Å². The summed E-state index contributed by atoms with van der Waals surface area (Å²) in [5, 5.41) is 12.5. The minimum absolute atomic E-state index is 0.0133. The van der Waals surface area contributed by atoms with E-state index in [9.17, 15) is 4.79 Å². The highest BCUT2D eigenvalue weighted by Gasteiger charge is 2.26. The summed E-state index contributed by atoms with van der Waals surface area (Å²) in [5.74, 6) is 0.435. The third-order valence-corrected chi connectivity index (χ3v) is 4.16. The van der Waals surface area contributed by atoms with E-state index in [4.69, 9.17) is 9.52 Å². The smallest absolute Gasteiger partial charge is 0.371 e. The molecular formula is C15H23NO3. The van der Waals surface area contributed by atoms with Gasteiger partial charge in [0.2, 0.25) is 5.76 Å². The number of hydrogen-bond donors (Lipinski definition) is 2. The lowest BCUT2D eigenvalue weighted by molar-refractivity contribution is 0.0659. The molecule has 1 aliphatic rings. The van der Waals surface area contributed by atoms with E-state index in [1.54, 1.807) is 6.07 Å². The van der Waals surface area contributed by atoms with E-state index in [1.165, 1.54) is 38.2 Å². The van der Waals surface area contributed by atoms with Gasteiger partial charge >= 0.3 is 5.97 Å². The van der Waals surface area contributed by atoms with Crippen LogP contribution in [0.25, 0.3) is 0 Å². The van der Waals surface area contributed by atoms with Crippen LogP contribution < -0.4 is 5.32 Å². The van der Waals surface area contributed by atoms with E-state index in [-0.39, 0.29) is 11.8 Å². The van der Waals surface area contributed by atoms with Crippen molar-refractivity contribution in [3.8, 4) is 0 Å². The Balaban J connectivity index is 1.98. The minimum Gasteiger partial charge on any atom is -0.475 e. The Morgan fingerprint density at radius 1 is 1.47 bits per heavy atom. The molecule has 4 heteroatoms. The first-order valence-corrected chi connectivity index (χ1v) is 7.21. The van der Waals surface area contributed by atoms with Gasteiger partial charge in [0.15, 0.2) is 0 Å². The van der Waals surface area contributed by atoms with Crippen molar-refractivity contribution in [1.29, 1.82) is 0 Å². The summed E-state index contributed by atoms with van der Waals surface area (Å²) in [6.45, 7) is 4.27. The molecule has 0 amide bonds. The molecule has 1 aliphatic carbocycles. The molecule has 1 saturated carbocycles. The predicted molar refractivity (Wildman–Crippen MR) is 73.3 cm³/mol. The second-order valence-corrected chi connectivity index (χ2v) is 5.45. The first kappa shape index (κ1) is 14.1. The SMILES string of the molecule is CCC1CCCCC1NC(C)c1ccc(C(=O)O)o1. The Bertz CT molecular complexity index is 427. The molecule has 0 radical (unpaired) electrons. The van der Waals surface area contributed by atoms with Crippen molar-refractivity contribution in [3.05, 3.63) is 23.7 Å². The van der Waals surface area contributed by atoms with Gasteiger partial charge in [0.05, 0.1) is 6.04 Å². The third kappa shape index (κ3) is 3.38. The van der Waals surface area contributed by atoms with Crippen LogP contribution in [0.4, 0.5) is 0 Å². The number of rotatable bonds is 5. The van der Waals surface area contributed by atoms with E-state index in [1.807, 2.05) is 6.92 Å². The van der Waals surface area contributed by atoms with Crippen molar-refractivity contribution in [2.24, 2.45) is 5.92 Å². The summed E-state index contributed by atoms with van der Waals surface area (Å²) in [5.41, 5.74) is 0. The van der Waals surface area contributed by atoms with Crippen molar-refractivity contribution in [3.63, 3.8) is 0 Å². The largest absolute Gasteiger partial charge is 0.475 e. The monoisotopic (exact) mass is 265 g/mol. The lowest BCUT2D eigenvalue weighted by Crippen LogP contribution is -2.39. The van der Waals surface area contributed by atoms with Gasteiger partial charge in [-0.05, 0) is 37.8 Å². The number of hydrogen-bond acceptors (Lipinski definition) is 3. The average Bonchev–Trinajstić information content (AvgIpc) is 2.89. The van der Waals surface area contributed by atoms with Crippen molar-refractivity contribution in [1.82, 2.24) is 5.32 Å². The fourth-order valence-electron chi connectivity index (χ4n) is 3.02. The molecular weight excluding hydrogens is 242 g/mol. The highest BCUT2D eigenvalue weighted by Crippen LogP contribution is 2.29. The Morgan fingerprint density at radius 3 is 2.84 bits per heavy atom. The highest BCUT2D eigenvalue weighted by atomic mass is 16.4. The Morgan fingerprint density at radius 2 is 2.21 bits per heavy atom. The number of carboxylic acids is 1. The normalized spacial score (nSPS) is 25.2. The average molecular weight is 265 g/mol. The van der Waals surface area contributed by atoms with Gasteiger partial charge < -0.3 is 14.8 Å². The lowest BCUT2D eigenvalue weighted by atomic mass is 9.82. The van der Waals surface area contributed by atoms with Crippen molar-refractivity contribution in [2.75, 3.05) is 0 Å². The molecule has 106 valence electrons. The lowest BCUT2D eigenvalue weighted by Gasteiger charge is -2.33. The van der Waals surface area contributed by atoms with Crippen molar-refractivity contribution >= 4 is 5.97 Å². The summed E-state index contributed by atoms with van der Waals surface area (Å²) >= 11 is 0. The molecule has 0 saturated heterocycles. The van der Waals surface area contributed by atoms with Crippen LogP contribution in [0.1, 0.15) is 68.3 Å². The molecule has 1 heterocycles. The molecule has 4 nitrogen and oxygen atoms in total. The number of carboxylic acid groups (broad SMARTS) is 1. The molecule has 19 heavy (non-hydrogen) atoms. The zero-order valence-corrected chi connectivity index (χ0v) is 11.7. The first-order chi connectivity index (χ1) is 9.11. The second-order valence-electron chi connectivity index (χ2n) is 5.45. The van der Waals surface area contributed by atoms with Crippen LogP contribution in [0.15, 0.2) is 16.5 Å². The summed E-state index contributed by atoms with van der Waals surface area (Å²) in [6.07, 6.45) is 6.30. The molecule has 3 atom stereocenters. The third-order valence-electron chi connectivity index (χ3n) is 4.16. The molecule has 0 bridgehead atoms. The first-order valence-electron chi connectivity index (χ1n) is 7.21. The zero-order valence-electron chi connectivity index (χ0n) is 11.7. The molecule has 0 spiro atoms. The summed E-state index contributed by atoms with van der Waals surface area (Å²) in [7, 11) is 0. The van der Waals surface area contributed by atoms with Crippen molar-refractivity contribution < 1.29 is 14.3 Å². The highest BCUT2D eigenvalue weighted by molar-refractivity contribution is 5.84. The van der Waals surface area contributed by atoms with Crippen molar-refractivity contribution in [2.45, 2.75) is 58.0 Å². The van der Waals surface area contributed by atoms with Gasteiger partial charge in [-0.3, -0.25) is 0 Å². The van der Waals surface area contributed by atoms with Crippen LogP contribution in [0.5, 0.6) is 0 Å². The maximum atomic E-state index is 10.8. The second kappa shape index (κ2) is 6.24. The Kier molecular flexibility index (Phi) is 4.64. The number of furan rings is 1. The van der Waals surface area contributed by atoms with E-state index in [0.717, 1.165) is 5.92 Å². The summed E-state index contributed by atoms with van der Waals surface area (Å²) in [6, 6.07) is 3.86. The van der Waals surface area contributed by atoms with Gasteiger partial charge in [0.1, 0.15) is 5.76 Å². The molecule has 1 fully saturated rings. The predicted octanol–water partition coefficient (Wildman–Crippen LogP) is 3.60. The molecule has 3 unspecified atom stereocenters. The molecule has 0 aromatic carbocycles. The van der Waals surface area contributed by atoms with Crippen LogP contribution >= 0.6 is 0 Å². The van der Waals surface area contributed by atoms with Gasteiger partial charge in [0, 0.05) is 6.04 Å². The molecule has 0 aliphatic heterocycles. The maximum absolute atomic E-state index is 10.8. The van der Waals surface area contributed by atoms with Gasteiger partial charge in [-0.1, -0.05) is 26.2 Å². The molecule has 1 aromatic rings. The fraction of sp³-hybridized carbons (Fsp3) is 0.667. The number of aromatic carboxylic acids is 1. The zero-order chi connectivity index (χ0) is 13.8. The van der Waals surface area contributed by atoms with E-state index in [2.05, 4.69) is 12.2 Å². The molecule has 1 aromatic heterocycles. The maximum Gasteiger partial charge on any atom is 0.371 e. The van der Waals surface area contributed by atoms with Gasteiger partial charge in [0.25, 0.3) is 0 Å².